The molecule has 0 aliphatic carbocycles. The van der Waals surface area contributed by atoms with Gasteiger partial charge in [0.25, 0.3) is 0 Å². The Labute approximate surface area is 124 Å². The Morgan fingerprint density at radius 1 is 1.40 bits per heavy atom. The molecule has 0 aliphatic heterocycles. The first-order valence-corrected chi connectivity index (χ1v) is 7.53. The molecule has 0 aliphatic rings. The van der Waals surface area contributed by atoms with E-state index >= 15 is 0 Å². The van der Waals surface area contributed by atoms with Crippen LogP contribution in [0.1, 0.15) is 20.3 Å². The molecule has 0 spiro atoms. The van der Waals surface area contributed by atoms with Crippen molar-refractivity contribution in [2.24, 2.45) is 0 Å². The summed E-state index contributed by atoms with van der Waals surface area (Å²) in [5.74, 6) is 1.19. The Kier molecular flexibility index (Phi) is 7.01. The fraction of sp³-hybridized carbons (Fsp3) is 0.400. The third-order valence-corrected chi connectivity index (χ3v) is 3.69. The van der Waals surface area contributed by atoms with Gasteiger partial charge in [0.15, 0.2) is 0 Å². The third kappa shape index (κ3) is 4.81. The van der Waals surface area contributed by atoms with Crippen molar-refractivity contribution < 1.29 is 14.3 Å². The molecule has 0 fully saturated rings. The number of ether oxygens (including phenoxy) is 2. The van der Waals surface area contributed by atoms with E-state index in [1.807, 2.05) is 38.1 Å². The van der Waals surface area contributed by atoms with Crippen molar-refractivity contribution in [2.75, 3.05) is 25.2 Å². The Balaban J connectivity index is 2.71. The average molecular weight is 295 g/mol. The number of carbonyl (C=O) groups is 1. The monoisotopic (exact) mass is 295 g/mol. The first-order chi connectivity index (χ1) is 9.62. The maximum absolute atomic E-state index is 11.4. The highest BCUT2D eigenvalue weighted by atomic mass is 32.2. The molecule has 5 heteroatoms. The summed E-state index contributed by atoms with van der Waals surface area (Å²) in [6.07, 6.45) is 2.53. The molecular formula is C15H21NO3S. The van der Waals surface area contributed by atoms with Crippen LogP contribution in [0, 0.1) is 0 Å². The molecule has 0 amide bonds. The van der Waals surface area contributed by atoms with E-state index < -0.39 is 0 Å². The van der Waals surface area contributed by atoms with Gasteiger partial charge in [-0.1, -0.05) is 13.0 Å². The number of thioether (sulfide) groups is 1. The standard InChI is InChI=1S/C15H21NO3S/c1-4-11(15(17)18-3)8-9-20-14-10-12(19-5-2)6-7-13(14)16/h6-8,10H,4-5,9,16H2,1-3H3. The van der Waals surface area contributed by atoms with Gasteiger partial charge in [0.05, 0.1) is 13.7 Å². The fourth-order valence-electron chi connectivity index (χ4n) is 1.63. The summed E-state index contributed by atoms with van der Waals surface area (Å²) in [5, 5.41) is 0. The largest absolute Gasteiger partial charge is 0.494 e. The van der Waals surface area contributed by atoms with Crippen molar-refractivity contribution in [3.63, 3.8) is 0 Å². The minimum absolute atomic E-state index is 0.274. The molecule has 0 radical (unpaired) electrons. The van der Waals surface area contributed by atoms with Gasteiger partial charge in [-0.2, -0.15) is 0 Å². The molecule has 0 atom stereocenters. The SMILES string of the molecule is CCOc1ccc(N)c(SCC=C(CC)C(=O)OC)c1. The number of methoxy groups -OCH3 is 1. The van der Waals surface area contributed by atoms with Crippen molar-refractivity contribution in [2.45, 2.75) is 25.2 Å². The normalized spacial score (nSPS) is 11.2. The van der Waals surface area contributed by atoms with E-state index in [4.69, 9.17) is 15.2 Å². The maximum atomic E-state index is 11.4. The van der Waals surface area contributed by atoms with Gasteiger partial charge in [-0.3, -0.25) is 0 Å². The lowest BCUT2D eigenvalue weighted by Crippen LogP contribution is -2.04. The van der Waals surface area contributed by atoms with Gasteiger partial charge >= 0.3 is 5.97 Å². The summed E-state index contributed by atoms with van der Waals surface area (Å²) < 4.78 is 10.2. The van der Waals surface area contributed by atoms with Crippen LogP contribution in [0.25, 0.3) is 0 Å². The van der Waals surface area contributed by atoms with Crippen LogP contribution in [-0.2, 0) is 9.53 Å². The lowest BCUT2D eigenvalue weighted by Gasteiger charge is -2.08. The number of nitrogens with two attached hydrogens (primary N) is 1. The molecule has 0 bridgehead atoms. The number of anilines is 1. The summed E-state index contributed by atoms with van der Waals surface area (Å²) in [5.41, 5.74) is 7.32. The van der Waals surface area contributed by atoms with Gasteiger partial charge in [-0.15, -0.1) is 11.8 Å². The number of hydrogen-bond donors (Lipinski definition) is 1. The van der Waals surface area contributed by atoms with Gasteiger partial charge in [0.2, 0.25) is 0 Å². The Morgan fingerprint density at radius 3 is 2.75 bits per heavy atom. The number of esters is 1. The number of carbonyl (C=O) groups excluding carboxylic acids is 1. The highest BCUT2D eigenvalue weighted by Gasteiger charge is 2.07. The van der Waals surface area contributed by atoms with E-state index in [-0.39, 0.29) is 5.97 Å². The highest BCUT2D eigenvalue weighted by Crippen LogP contribution is 2.29. The molecule has 0 saturated heterocycles. The van der Waals surface area contributed by atoms with Crippen LogP contribution in [-0.4, -0.2) is 25.4 Å². The van der Waals surface area contributed by atoms with Crippen molar-refractivity contribution in [3.05, 3.63) is 29.8 Å². The van der Waals surface area contributed by atoms with Crippen molar-refractivity contribution in [3.8, 4) is 5.75 Å². The van der Waals surface area contributed by atoms with Crippen LogP contribution >= 0.6 is 11.8 Å². The molecule has 1 rings (SSSR count). The first kappa shape index (κ1) is 16.4. The number of nitrogen functional groups attached to an aromatic ring is 1. The second-order valence-electron chi connectivity index (χ2n) is 4.02. The maximum Gasteiger partial charge on any atom is 0.333 e. The summed E-state index contributed by atoms with van der Waals surface area (Å²) in [4.78, 5) is 12.4. The summed E-state index contributed by atoms with van der Waals surface area (Å²) >= 11 is 1.57. The molecule has 20 heavy (non-hydrogen) atoms. The Morgan fingerprint density at radius 2 is 2.15 bits per heavy atom. The Hall–Kier alpha value is -1.62. The summed E-state index contributed by atoms with van der Waals surface area (Å²) in [6.45, 7) is 4.49. The molecule has 1 aromatic carbocycles. The van der Waals surface area contributed by atoms with Crippen LogP contribution in [0.2, 0.25) is 0 Å². The summed E-state index contributed by atoms with van der Waals surface area (Å²) in [7, 11) is 1.39. The van der Waals surface area contributed by atoms with Crippen LogP contribution in [0.15, 0.2) is 34.7 Å². The van der Waals surface area contributed by atoms with Crippen LogP contribution in [0.4, 0.5) is 5.69 Å². The topological polar surface area (TPSA) is 61.5 Å². The van der Waals surface area contributed by atoms with E-state index in [0.717, 1.165) is 10.6 Å². The summed E-state index contributed by atoms with van der Waals surface area (Å²) in [6, 6.07) is 5.60. The van der Waals surface area contributed by atoms with E-state index in [1.165, 1.54) is 7.11 Å². The highest BCUT2D eigenvalue weighted by molar-refractivity contribution is 7.99. The first-order valence-electron chi connectivity index (χ1n) is 6.54. The molecule has 0 unspecified atom stereocenters. The lowest BCUT2D eigenvalue weighted by molar-refractivity contribution is -0.136. The van der Waals surface area contributed by atoms with Crippen molar-refractivity contribution in [1.82, 2.24) is 0 Å². The predicted octanol–water partition coefficient (Wildman–Crippen LogP) is 3.27. The molecule has 1 aromatic rings. The van der Waals surface area contributed by atoms with Gasteiger partial charge in [-0.25, -0.2) is 4.79 Å². The van der Waals surface area contributed by atoms with E-state index in [1.54, 1.807) is 11.8 Å². The average Bonchev–Trinajstić information content (AvgIpc) is 2.46. The van der Waals surface area contributed by atoms with E-state index in [9.17, 15) is 4.79 Å². The molecule has 0 heterocycles. The minimum atomic E-state index is -0.274. The van der Waals surface area contributed by atoms with Crippen molar-refractivity contribution in [1.29, 1.82) is 0 Å². The lowest BCUT2D eigenvalue weighted by atomic mass is 10.2. The second-order valence-corrected chi connectivity index (χ2v) is 5.08. The zero-order valence-electron chi connectivity index (χ0n) is 12.1. The molecule has 0 saturated carbocycles. The van der Waals surface area contributed by atoms with Crippen LogP contribution in [0.3, 0.4) is 0 Å². The third-order valence-electron chi connectivity index (χ3n) is 2.69. The minimum Gasteiger partial charge on any atom is -0.494 e. The van der Waals surface area contributed by atoms with Crippen LogP contribution < -0.4 is 10.5 Å². The van der Waals surface area contributed by atoms with Gasteiger partial charge in [-0.05, 0) is 31.5 Å². The zero-order chi connectivity index (χ0) is 15.0. The van der Waals surface area contributed by atoms with Gasteiger partial charge in [0, 0.05) is 21.9 Å². The number of hydrogen-bond acceptors (Lipinski definition) is 5. The Bertz CT molecular complexity index is 486. The molecule has 4 nitrogen and oxygen atoms in total. The number of benzene rings is 1. The molecular weight excluding hydrogens is 274 g/mol. The van der Waals surface area contributed by atoms with Crippen molar-refractivity contribution >= 4 is 23.4 Å². The number of rotatable bonds is 7. The molecule has 2 N–H and O–H groups in total. The molecule has 0 aromatic heterocycles. The predicted molar refractivity (Wildman–Crippen MR) is 83.1 cm³/mol. The molecule has 110 valence electrons. The van der Waals surface area contributed by atoms with E-state index in [2.05, 4.69) is 0 Å². The zero-order valence-corrected chi connectivity index (χ0v) is 13.0. The quantitative estimate of drug-likeness (QED) is 0.362. The van der Waals surface area contributed by atoms with Crippen LogP contribution in [0.5, 0.6) is 5.75 Å². The second kappa shape index (κ2) is 8.53. The van der Waals surface area contributed by atoms with Gasteiger partial charge in [0.1, 0.15) is 5.75 Å². The van der Waals surface area contributed by atoms with E-state index in [0.29, 0.717) is 30.0 Å². The smallest absolute Gasteiger partial charge is 0.333 e. The fourth-order valence-corrected chi connectivity index (χ4v) is 2.53. The van der Waals surface area contributed by atoms with Gasteiger partial charge < -0.3 is 15.2 Å².